The smallest absolute Gasteiger partial charge is 0.210 e. The van der Waals surface area contributed by atoms with Gasteiger partial charge in [-0.1, -0.05) is 22.9 Å². The van der Waals surface area contributed by atoms with E-state index in [2.05, 4.69) is 36.6 Å². The molecule has 1 aromatic carbocycles. The predicted octanol–water partition coefficient (Wildman–Crippen LogP) is 3.24. The predicted molar refractivity (Wildman–Crippen MR) is 80.0 cm³/mol. The van der Waals surface area contributed by atoms with E-state index < -0.39 is 10.0 Å². The number of sulfonamides is 1. The van der Waals surface area contributed by atoms with Crippen molar-refractivity contribution < 1.29 is 8.42 Å². The molecule has 1 N–H and O–H groups in total. The van der Waals surface area contributed by atoms with Gasteiger partial charge in [0.1, 0.15) is 0 Å². The molecule has 0 amide bonds. The van der Waals surface area contributed by atoms with Crippen LogP contribution >= 0.6 is 43.6 Å². The lowest BCUT2D eigenvalue weighted by atomic mass is 10.4. The molecule has 0 spiro atoms. The number of nitrogens with one attached hydrogen (secondary N) is 1. The highest BCUT2D eigenvalue weighted by Gasteiger charge is 2.18. The number of halogens is 2. The Hall–Kier alpha value is 0.440. The van der Waals surface area contributed by atoms with Crippen molar-refractivity contribution >= 4 is 53.6 Å². The van der Waals surface area contributed by atoms with Crippen LogP contribution in [-0.2, 0) is 10.0 Å². The van der Waals surface area contributed by atoms with Gasteiger partial charge in [0.25, 0.3) is 0 Å². The van der Waals surface area contributed by atoms with Crippen LogP contribution < -0.4 is 4.72 Å². The fourth-order valence-corrected chi connectivity index (χ4v) is 4.06. The third-order valence-electron chi connectivity index (χ3n) is 2.15. The Labute approximate surface area is 123 Å². The van der Waals surface area contributed by atoms with Gasteiger partial charge >= 0.3 is 0 Å². The molecule has 3 nitrogen and oxygen atoms in total. The Bertz CT molecular complexity index is 491. The van der Waals surface area contributed by atoms with E-state index in [0.717, 1.165) is 4.47 Å². The molecule has 0 aliphatic heterocycles. The van der Waals surface area contributed by atoms with Crippen molar-refractivity contribution in [2.75, 3.05) is 12.8 Å². The van der Waals surface area contributed by atoms with Gasteiger partial charge in [0.05, 0.1) is 4.90 Å². The van der Waals surface area contributed by atoms with E-state index in [4.69, 9.17) is 0 Å². The quantitative estimate of drug-likeness (QED) is 0.822. The molecule has 7 heteroatoms. The van der Waals surface area contributed by atoms with E-state index in [-0.39, 0.29) is 10.1 Å². The molecule has 17 heavy (non-hydrogen) atoms. The van der Waals surface area contributed by atoms with Crippen molar-refractivity contribution in [3.63, 3.8) is 0 Å². The molecular weight excluding hydrogens is 390 g/mol. The Morgan fingerprint density at radius 1 is 1.41 bits per heavy atom. The second-order valence-electron chi connectivity index (χ2n) is 3.47. The SMILES string of the molecule is CSC(C)CNS(=O)(=O)c1cc(Br)ccc1Br. The second kappa shape index (κ2) is 6.56. The molecule has 0 aromatic heterocycles. The van der Waals surface area contributed by atoms with E-state index in [1.165, 1.54) is 0 Å². The summed E-state index contributed by atoms with van der Waals surface area (Å²) in [5.41, 5.74) is 0. The highest BCUT2D eigenvalue weighted by molar-refractivity contribution is 9.11. The third-order valence-corrected chi connectivity index (χ3v) is 6.03. The first-order chi connectivity index (χ1) is 7.86. The van der Waals surface area contributed by atoms with Crippen LogP contribution in [0.3, 0.4) is 0 Å². The van der Waals surface area contributed by atoms with E-state index in [1.54, 1.807) is 30.0 Å². The lowest BCUT2D eigenvalue weighted by Gasteiger charge is -2.12. The Morgan fingerprint density at radius 2 is 2.06 bits per heavy atom. The summed E-state index contributed by atoms with van der Waals surface area (Å²) < 4.78 is 28.0. The molecule has 1 aromatic rings. The van der Waals surface area contributed by atoms with Gasteiger partial charge < -0.3 is 0 Å². The van der Waals surface area contributed by atoms with Crippen LogP contribution in [0.15, 0.2) is 32.0 Å². The topological polar surface area (TPSA) is 46.2 Å². The number of rotatable bonds is 5. The summed E-state index contributed by atoms with van der Waals surface area (Å²) in [4.78, 5) is 0.250. The average molecular weight is 403 g/mol. The Morgan fingerprint density at radius 3 is 2.65 bits per heavy atom. The van der Waals surface area contributed by atoms with Crippen molar-refractivity contribution in [1.29, 1.82) is 0 Å². The average Bonchev–Trinajstić information content (AvgIpc) is 2.29. The van der Waals surface area contributed by atoms with Gasteiger partial charge in [0, 0.05) is 20.7 Å². The summed E-state index contributed by atoms with van der Waals surface area (Å²) in [6.45, 7) is 2.39. The molecule has 0 fully saturated rings. The van der Waals surface area contributed by atoms with Gasteiger partial charge in [0.15, 0.2) is 0 Å². The zero-order chi connectivity index (χ0) is 13.1. The van der Waals surface area contributed by atoms with Crippen LogP contribution in [0, 0.1) is 0 Å². The first kappa shape index (κ1) is 15.5. The summed E-state index contributed by atoms with van der Waals surface area (Å²) in [6.07, 6.45) is 1.95. The maximum atomic E-state index is 12.1. The van der Waals surface area contributed by atoms with Gasteiger partial charge in [-0.2, -0.15) is 11.8 Å². The van der Waals surface area contributed by atoms with Gasteiger partial charge in [-0.25, -0.2) is 13.1 Å². The van der Waals surface area contributed by atoms with Gasteiger partial charge in [-0.15, -0.1) is 0 Å². The summed E-state index contributed by atoms with van der Waals surface area (Å²) in [7, 11) is -3.46. The Balaban J connectivity index is 2.93. The maximum absolute atomic E-state index is 12.1. The standard InChI is InChI=1S/C10H13Br2NO2S2/c1-7(16-2)6-13-17(14,15)10-5-8(11)3-4-9(10)12/h3-5,7,13H,6H2,1-2H3. The minimum Gasteiger partial charge on any atom is -0.210 e. The maximum Gasteiger partial charge on any atom is 0.241 e. The first-order valence-electron chi connectivity index (χ1n) is 4.84. The number of hydrogen-bond donors (Lipinski definition) is 1. The van der Waals surface area contributed by atoms with Crippen LogP contribution in [-0.4, -0.2) is 26.5 Å². The molecule has 0 aliphatic carbocycles. The normalized spacial score (nSPS) is 13.6. The van der Waals surface area contributed by atoms with Crippen molar-refractivity contribution in [3.8, 4) is 0 Å². The molecule has 1 rings (SSSR count). The number of thioether (sulfide) groups is 1. The minimum absolute atomic E-state index is 0.246. The second-order valence-corrected chi connectivity index (χ2v) is 8.25. The number of hydrogen-bond acceptors (Lipinski definition) is 3. The summed E-state index contributed by atoms with van der Waals surface area (Å²) in [6, 6.07) is 5.07. The van der Waals surface area contributed by atoms with Crippen LogP contribution in [0.5, 0.6) is 0 Å². The molecule has 0 bridgehead atoms. The van der Waals surface area contributed by atoms with Gasteiger partial charge in [-0.05, 0) is 40.4 Å². The molecule has 0 saturated heterocycles. The van der Waals surface area contributed by atoms with Gasteiger partial charge in [-0.3, -0.25) is 0 Å². The lowest BCUT2D eigenvalue weighted by molar-refractivity contribution is 0.581. The van der Waals surface area contributed by atoms with Crippen LogP contribution in [0.4, 0.5) is 0 Å². The highest BCUT2D eigenvalue weighted by Crippen LogP contribution is 2.25. The van der Waals surface area contributed by atoms with Crippen LogP contribution in [0.1, 0.15) is 6.92 Å². The molecule has 0 heterocycles. The molecule has 1 atom stereocenters. The molecule has 0 aliphatic rings. The Kier molecular flexibility index (Phi) is 5.98. The fraction of sp³-hybridized carbons (Fsp3) is 0.400. The van der Waals surface area contributed by atoms with Crippen LogP contribution in [0.2, 0.25) is 0 Å². The zero-order valence-electron chi connectivity index (χ0n) is 9.41. The number of benzene rings is 1. The molecular formula is C10H13Br2NO2S2. The molecule has 0 saturated carbocycles. The monoisotopic (exact) mass is 401 g/mol. The van der Waals surface area contributed by atoms with Crippen molar-refractivity contribution in [2.24, 2.45) is 0 Å². The fourth-order valence-electron chi connectivity index (χ4n) is 1.07. The largest absolute Gasteiger partial charge is 0.241 e. The van der Waals surface area contributed by atoms with E-state index in [0.29, 0.717) is 11.0 Å². The highest BCUT2D eigenvalue weighted by atomic mass is 79.9. The van der Waals surface area contributed by atoms with E-state index in [1.807, 2.05) is 13.2 Å². The van der Waals surface area contributed by atoms with E-state index in [9.17, 15) is 8.42 Å². The zero-order valence-corrected chi connectivity index (χ0v) is 14.2. The minimum atomic E-state index is -3.46. The molecule has 1 unspecified atom stereocenters. The van der Waals surface area contributed by atoms with Crippen LogP contribution in [0.25, 0.3) is 0 Å². The summed E-state index contributed by atoms with van der Waals surface area (Å²) >= 11 is 8.13. The van der Waals surface area contributed by atoms with Crippen molar-refractivity contribution in [2.45, 2.75) is 17.1 Å². The third kappa shape index (κ3) is 4.55. The van der Waals surface area contributed by atoms with E-state index >= 15 is 0 Å². The van der Waals surface area contributed by atoms with Crippen molar-refractivity contribution in [3.05, 3.63) is 27.1 Å². The lowest BCUT2D eigenvalue weighted by Crippen LogP contribution is -2.29. The van der Waals surface area contributed by atoms with Crippen molar-refractivity contribution in [1.82, 2.24) is 4.72 Å². The molecule has 0 radical (unpaired) electrons. The summed E-state index contributed by atoms with van der Waals surface area (Å²) in [5.74, 6) is 0. The summed E-state index contributed by atoms with van der Waals surface area (Å²) in [5, 5.41) is 0.246. The first-order valence-corrected chi connectivity index (χ1v) is 9.20. The molecule has 96 valence electrons. The van der Waals surface area contributed by atoms with Gasteiger partial charge in [0.2, 0.25) is 10.0 Å².